The summed E-state index contributed by atoms with van der Waals surface area (Å²) in [5.41, 5.74) is 2.95. The van der Waals surface area contributed by atoms with Gasteiger partial charge in [-0.1, -0.05) is 28.1 Å². The molecule has 17 heavy (non-hydrogen) atoms. The second-order valence-corrected chi connectivity index (χ2v) is 4.03. The number of carbonyl (C=O) groups is 2. The monoisotopic (exact) mass is 297 g/mol. The van der Waals surface area contributed by atoms with Gasteiger partial charge in [-0.15, -0.1) is 0 Å². The molecule has 5 nitrogen and oxygen atoms in total. The molecule has 0 spiro atoms. The van der Waals surface area contributed by atoms with Gasteiger partial charge in [-0.2, -0.15) is 5.10 Å². The highest BCUT2D eigenvalue weighted by Crippen LogP contribution is 2.09. The van der Waals surface area contributed by atoms with Crippen LogP contribution in [0.25, 0.3) is 0 Å². The van der Waals surface area contributed by atoms with Gasteiger partial charge in [0.2, 0.25) is 0 Å². The molecule has 0 radical (unpaired) electrons. The Morgan fingerprint density at radius 1 is 1.41 bits per heavy atom. The fourth-order valence-corrected chi connectivity index (χ4v) is 1.46. The molecule has 2 amide bonds. The van der Waals surface area contributed by atoms with Gasteiger partial charge in [-0.3, -0.25) is 9.59 Å². The number of amides is 2. The standard InChI is InChI=1S/C11H12BrN3O2/c1-2-13-10(16)11(17)15-14-7-8-4-3-5-9(12)6-8/h3-7H,2H2,1H3,(H,13,16)(H,15,17)/b14-7+. The second-order valence-electron chi connectivity index (χ2n) is 3.11. The Kier molecular flexibility index (Phi) is 5.35. The number of carbonyl (C=O) groups excluding carboxylic acids is 2. The van der Waals surface area contributed by atoms with Crippen molar-refractivity contribution in [3.63, 3.8) is 0 Å². The predicted octanol–water partition coefficient (Wildman–Crippen LogP) is 1.04. The summed E-state index contributed by atoms with van der Waals surface area (Å²) in [6.07, 6.45) is 1.46. The minimum atomic E-state index is -0.780. The first kappa shape index (κ1) is 13.4. The lowest BCUT2D eigenvalue weighted by atomic mass is 10.2. The maximum Gasteiger partial charge on any atom is 0.329 e. The van der Waals surface area contributed by atoms with E-state index in [1.807, 2.05) is 24.3 Å². The van der Waals surface area contributed by atoms with Crippen LogP contribution in [0.15, 0.2) is 33.8 Å². The summed E-state index contributed by atoms with van der Waals surface area (Å²) >= 11 is 3.31. The van der Waals surface area contributed by atoms with Crippen molar-refractivity contribution in [2.24, 2.45) is 5.10 Å². The van der Waals surface area contributed by atoms with Crippen molar-refractivity contribution in [1.82, 2.24) is 10.7 Å². The van der Waals surface area contributed by atoms with E-state index < -0.39 is 11.8 Å². The molecule has 0 atom stereocenters. The molecule has 90 valence electrons. The summed E-state index contributed by atoms with van der Waals surface area (Å²) in [5.74, 6) is -1.48. The fourth-order valence-electron chi connectivity index (χ4n) is 1.04. The average Bonchev–Trinajstić information content (AvgIpc) is 2.29. The lowest BCUT2D eigenvalue weighted by Crippen LogP contribution is -2.37. The van der Waals surface area contributed by atoms with Crippen LogP contribution in [0.1, 0.15) is 12.5 Å². The molecule has 2 N–H and O–H groups in total. The molecule has 0 aliphatic heterocycles. The first-order valence-electron chi connectivity index (χ1n) is 5.00. The van der Waals surface area contributed by atoms with Gasteiger partial charge in [0.1, 0.15) is 0 Å². The van der Waals surface area contributed by atoms with Crippen LogP contribution in [-0.2, 0) is 9.59 Å². The molecule has 1 aromatic carbocycles. The molecule has 1 aromatic rings. The Morgan fingerprint density at radius 3 is 2.82 bits per heavy atom. The van der Waals surface area contributed by atoms with E-state index in [-0.39, 0.29) is 0 Å². The molecule has 0 heterocycles. The predicted molar refractivity (Wildman–Crippen MR) is 68.6 cm³/mol. The zero-order valence-electron chi connectivity index (χ0n) is 9.24. The first-order chi connectivity index (χ1) is 8.13. The summed E-state index contributed by atoms with van der Waals surface area (Å²) < 4.78 is 0.913. The highest BCUT2D eigenvalue weighted by atomic mass is 79.9. The number of hydrogen-bond acceptors (Lipinski definition) is 3. The van der Waals surface area contributed by atoms with Gasteiger partial charge >= 0.3 is 11.8 Å². The third kappa shape index (κ3) is 4.78. The van der Waals surface area contributed by atoms with E-state index in [1.165, 1.54) is 6.21 Å². The number of hydrazone groups is 1. The van der Waals surface area contributed by atoms with E-state index in [0.29, 0.717) is 6.54 Å². The van der Waals surface area contributed by atoms with Gasteiger partial charge in [-0.25, -0.2) is 5.43 Å². The third-order valence-electron chi connectivity index (χ3n) is 1.77. The molecule has 0 saturated heterocycles. The molecule has 0 aromatic heterocycles. The number of benzene rings is 1. The molecular formula is C11H12BrN3O2. The van der Waals surface area contributed by atoms with Crippen LogP contribution in [0.2, 0.25) is 0 Å². The molecule has 0 aliphatic carbocycles. The maximum absolute atomic E-state index is 11.1. The Labute approximate surface area is 107 Å². The number of rotatable bonds is 3. The maximum atomic E-state index is 11.1. The minimum absolute atomic E-state index is 0.404. The lowest BCUT2D eigenvalue weighted by molar-refractivity contribution is -0.139. The molecule has 0 bridgehead atoms. The summed E-state index contributed by atoms with van der Waals surface area (Å²) in [5, 5.41) is 6.05. The van der Waals surface area contributed by atoms with Crippen molar-refractivity contribution >= 4 is 34.0 Å². The first-order valence-corrected chi connectivity index (χ1v) is 5.79. The highest BCUT2D eigenvalue weighted by Gasteiger charge is 2.09. The highest BCUT2D eigenvalue weighted by molar-refractivity contribution is 9.10. The van der Waals surface area contributed by atoms with E-state index in [9.17, 15) is 9.59 Å². The SMILES string of the molecule is CCNC(=O)C(=O)N/N=C/c1cccc(Br)c1. The quantitative estimate of drug-likeness (QED) is 0.497. The number of nitrogens with zero attached hydrogens (tertiary/aromatic N) is 1. The largest absolute Gasteiger partial charge is 0.348 e. The van der Waals surface area contributed by atoms with E-state index in [4.69, 9.17) is 0 Å². The summed E-state index contributed by atoms with van der Waals surface area (Å²) in [6.45, 7) is 2.14. The van der Waals surface area contributed by atoms with Crippen molar-refractivity contribution < 1.29 is 9.59 Å². The number of likely N-dealkylation sites (N-methyl/N-ethyl adjacent to an activating group) is 1. The van der Waals surface area contributed by atoms with Crippen molar-refractivity contribution in [3.05, 3.63) is 34.3 Å². The Bertz CT molecular complexity index is 446. The van der Waals surface area contributed by atoms with Crippen LogP contribution in [0.3, 0.4) is 0 Å². The van der Waals surface area contributed by atoms with Crippen LogP contribution < -0.4 is 10.7 Å². The average molecular weight is 298 g/mol. The van der Waals surface area contributed by atoms with Crippen LogP contribution in [0.5, 0.6) is 0 Å². The van der Waals surface area contributed by atoms with E-state index in [1.54, 1.807) is 6.92 Å². The molecular weight excluding hydrogens is 286 g/mol. The fraction of sp³-hybridized carbons (Fsp3) is 0.182. The van der Waals surface area contributed by atoms with E-state index in [0.717, 1.165) is 10.0 Å². The van der Waals surface area contributed by atoms with E-state index in [2.05, 4.69) is 31.8 Å². The second kappa shape index (κ2) is 6.80. The molecule has 6 heteroatoms. The normalized spacial score (nSPS) is 10.2. The summed E-state index contributed by atoms with van der Waals surface area (Å²) in [6, 6.07) is 7.38. The Balaban J connectivity index is 2.50. The number of nitrogens with one attached hydrogen (secondary N) is 2. The van der Waals surface area contributed by atoms with Gasteiger partial charge in [0.05, 0.1) is 6.21 Å². The summed E-state index contributed by atoms with van der Waals surface area (Å²) in [7, 11) is 0. The van der Waals surface area contributed by atoms with Crippen molar-refractivity contribution in [1.29, 1.82) is 0 Å². The molecule has 0 unspecified atom stereocenters. The Hall–Kier alpha value is -1.69. The van der Waals surface area contributed by atoms with Gasteiger partial charge < -0.3 is 5.32 Å². The molecule has 1 rings (SSSR count). The van der Waals surface area contributed by atoms with Gasteiger partial charge in [0.15, 0.2) is 0 Å². The van der Waals surface area contributed by atoms with Crippen LogP contribution in [0.4, 0.5) is 0 Å². The molecule has 0 aliphatic rings. The third-order valence-corrected chi connectivity index (χ3v) is 2.27. The van der Waals surface area contributed by atoms with E-state index >= 15 is 0 Å². The number of halogens is 1. The Morgan fingerprint density at radius 2 is 2.18 bits per heavy atom. The topological polar surface area (TPSA) is 70.6 Å². The minimum Gasteiger partial charge on any atom is -0.348 e. The van der Waals surface area contributed by atoms with Crippen LogP contribution >= 0.6 is 15.9 Å². The van der Waals surface area contributed by atoms with Crippen molar-refractivity contribution in [3.8, 4) is 0 Å². The van der Waals surface area contributed by atoms with Crippen molar-refractivity contribution in [2.75, 3.05) is 6.54 Å². The van der Waals surface area contributed by atoms with Gasteiger partial charge in [0.25, 0.3) is 0 Å². The summed E-state index contributed by atoms with van der Waals surface area (Å²) in [4.78, 5) is 22.2. The van der Waals surface area contributed by atoms with Crippen molar-refractivity contribution in [2.45, 2.75) is 6.92 Å². The number of hydrogen-bond donors (Lipinski definition) is 2. The molecule has 0 fully saturated rings. The van der Waals surface area contributed by atoms with Gasteiger partial charge in [0, 0.05) is 11.0 Å². The molecule has 0 saturated carbocycles. The zero-order chi connectivity index (χ0) is 12.7. The van der Waals surface area contributed by atoms with Crippen LogP contribution in [0, 0.1) is 0 Å². The smallest absolute Gasteiger partial charge is 0.329 e. The van der Waals surface area contributed by atoms with Crippen LogP contribution in [-0.4, -0.2) is 24.6 Å². The van der Waals surface area contributed by atoms with Gasteiger partial charge in [-0.05, 0) is 24.6 Å². The lowest BCUT2D eigenvalue weighted by Gasteiger charge is -1.99. The zero-order valence-corrected chi connectivity index (χ0v) is 10.8.